The Hall–Kier alpha value is -1.89. The Balaban J connectivity index is 2.15. The van der Waals surface area contributed by atoms with Crippen LogP contribution < -0.4 is 0 Å². The van der Waals surface area contributed by atoms with Crippen LogP contribution in [0.3, 0.4) is 0 Å². The molecule has 1 unspecified atom stereocenters. The normalized spacial score (nSPS) is 22.1. The van der Waals surface area contributed by atoms with Gasteiger partial charge in [0.05, 0.1) is 5.92 Å². The summed E-state index contributed by atoms with van der Waals surface area (Å²) < 4.78 is 0. The van der Waals surface area contributed by atoms with Crippen LogP contribution in [0.1, 0.15) is 15.9 Å². The zero-order valence-corrected chi connectivity index (χ0v) is 8.89. The lowest BCUT2D eigenvalue weighted by atomic mass is 9.88. The molecule has 0 heterocycles. The largest absolute Gasteiger partial charge is 0.293 e. The van der Waals surface area contributed by atoms with E-state index in [0.29, 0.717) is 0 Å². The first-order chi connectivity index (χ1) is 7.86. The maximum absolute atomic E-state index is 12.3. The lowest BCUT2D eigenvalue weighted by Crippen LogP contribution is -2.15. The third kappa shape index (κ3) is 1.36. The van der Waals surface area contributed by atoms with Crippen molar-refractivity contribution in [3.8, 4) is 0 Å². The molecule has 0 spiro atoms. The van der Waals surface area contributed by atoms with Gasteiger partial charge in [0, 0.05) is 5.56 Å². The van der Waals surface area contributed by atoms with Gasteiger partial charge in [-0.1, -0.05) is 54.6 Å². The predicted octanol–water partition coefficient (Wildman–Crippen LogP) is 3.09. The van der Waals surface area contributed by atoms with E-state index < -0.39 is 0 Å². The molecule has 0 saturated carbocycles. The monoisotopic (exact) mass is 208 g/mol. The zero-order chi connectivity index (χ0) is 11.0. The van der Waals surface area contributed by atoms with Crippen molar-refractivity contribution < 1.29 is 4.79 Å². The van der Waals surface area contributed by atoms with E-state index in [1.54, 1.807) is 0 Å². The summed E-state index contributed by atoms with van der Waals surface area (Å²) in [5.74, 6) is 0.147. The SMILES string of the molecule is O=C1c2ccccc2CC=C2C=CC=CC12. The van der Waals surface area contributed by atoms with Crippen molar-refractivity contribution in [3.05, 3.63) is 71.3 Å². The van der Waals surface area contributed by atoms with Gasteiger partial charge in [-0.2, -0.15) is 0 Å². The molecule has 0 amide bonds. The summed E-state index contributed by atoms with van der Waals surface area (Å²) in [6.45, 7) is 0. The first-order valence-electron chi connectivity index (χ1n) is 5.53. The molecular weight excluding hydrogens is 196 g/mol. The number of hydrogen-bond donors (Lipinski definition) is 0. The molecule has 0 N–H and O–H groups in total. The van der Waals surface area contributed by atoms with Crippen molar-refractivity contribution >= 4 is 5.78 Å². The molecule has 0 radical (unpaired) electrons. The summed E-state index contributed by atoms with van der Waals surface area (Å²) in [6, 6.07) is 7.89. The van der Waals surface area contributed by atoms with E-state index in [2.05, 4.69) is 6.08 Å². The van der Waals surface area contributed by atoms with Gasteiger partial charge in [-0.15, -0.1) is 0 Å². The summed E-state index contributed by atoms with van der Waals surface area (Å²) in [6.07, 6.45) is 11.0. The molecule has 78 valence electrons. The fourth-order valence-corrected chi connectivity index (χ4v) is 2.32. The highest BCUT2D eigenvalue weighted by atomic mass is 16.1. The molecule has 1 atom stereocenters. The summed E-state index contributed by atoms with van der Waals surface area (Å²) in [7, 11) is 0. The van der Waals surface area contributed by atoms with Crippen molar-refractivity contribution in [3.63, 3.8) is 0 Å². The lowest BCUT2D eigenvalue weighted by Gasteiger charge is -2.14. The molecule has 1 nitrogen and oxygen atoms in total. The summed E-state index contributed by atoms with van der Waals surface area (Å²) in [4.78, 5) is 12.3. The van der Waals surface area contributed by atoms with E-state index >= 15 is 0 Å². The number of benzene rings is 1. The van der Waals surface area contributed by atoms with Crippen LogP contribution in [0.4, 0.5) is 0 Å². The molecule has 0 aliphatic heterocycles. The second-order valence-electron chi connectivity index (χ2n) is 4.15. The van der Waals surface area contributed by atoms with Gasteiger partial charge >= 0.3 is 0 Å². The van der Waals surface area contributed by atoms with Crippen molar-refractivity contribution in [2.75, 3.05) is 0 Å². The van der Waals surface area contributed by atoms with Gasteiger partial charge in [0.25, 0.3) is 0 Å². The van der Waals surface area contributed by atoms with Crippen LogP contribution >= 0.6 is 0 Å². The number of carbonyl (C=O) groups excluding carboxylic acids is 1. The Morgan fingerprint density at radius 1 is 1.12 bits per heavy atom. The highest BCUT2D eigenvalue weighted by Gasteiger charge is 2.25. The zero-order valence-electron chi connectivity index (χ0n) is 8.89. The molecule has 3 rings (SSSR count). The fourth-order valence-electron chi connectivity index (χ4n) is 2.32. The van der Waals surface area contributed by atoms with E-state index in [0.717, 1.165) is 23.1 Å². The summed E-state index contributed by atoms with van der Waals surface area (Å²) in [5, 5.41) is 0. The van der Waals surface area contributed by atoms with Crippen LogP contribution in [0.15, 0.2) is 60.2 Å². The number of carbonyl (C=O) groups is 1. The molecule has 2 aliphatic rings. The minimum absolute atomic E-state index is 0.0753. The van der Waals surface area contributed by atoms with Crippen LogP contribution in [0.5, 0.6) is 0 Å². The van der Waals surface area contributed by atoms with Crippen molar-refractivity contribution in [1.82, 2.24) is 0 Å². The number of allylic oxidation sites excluding steroid dienone is 6. The summed E-state index contributed by atoms with van der Waals surface area (Å²) in [5.41, 5.74) is 3.14. The Bertz CT molecular complexity index is 532. The average molecular weight is 208 g/mol. The topological polar surface area (TPSA) is 17.1 Å². The minimum Gasteiger partial charge on any atom is -0.293 e. The van der Waals surface area contributed by atoms with Crippen LogP contribution in [0.2, 0.25) is 0 Å². The predicted molar refractivity (Wildman–Crippen MR) is 64.3 cm³/mol. The molecular formula is C15H12O. The van der Waals surface area contributed by atoms with Crippen LogP contribution in [-0.4, -0.2) is 5.78 Å². The smallest absolute Gasteiger partial charge is 0.174 e. The first-order valence-corrected chi connectivity index (χ1v) is 5.53. The van der Waals surface area contributed by atoms with Gasteiger partial charge in [0.1, 0.15) is 0 Å². The number of hydrogen-bond acceptors (Lipinski definition) is 1. The average Bonchev–Trinajstić information content (AvgIpc) is 2.49. The van der Waals surface area contributed by atoms with Gasteiger partial charge in [-0.05, 0) is 17.6 Å². The molecule has 1 aromatic rings. The van der Waals surface area contributed by atoms with Gasteiger partial charge in [-0.3, -0.25) is 4.79 Å². The van der Waals surface area contributed by atoms with Gasteiger partial charge in [-0.25, -0.2) is 0 Å². The van der Waals surface area contributed by atoms with E-state index in [9.17, 15) is 4.79 Å². The molecule has 0 fully saturated rings. The third-order valence-corrected chi connectivity index (χ3v) is 3.19. The minimum atomic E-state index is -0.0753. The van der Waals surface area contributed by atoms with Crippen LogP contribution in [0.25, 0.3) is 0 Å². The van der Waals surface area contributed by atoms with E-state index in [-0.39, 0.29) is 11.7 Å². The first kappa shape index (κ1) is 9.34. The second-order valence-corrected chi connectivity index (χ2v) is 4.15. The van der Waals surface area contributed by atoms with Gasteiger partial charge in [0.2, 0.25) is 0 Å². The number of ketones is 1. The molecule has 1 aromatic carbocycles. The molecule has 0 saturated heterocycles. The maximum Gasteiger partial charge on any atom is 0.174 e. The van der Waals surface area contributed by atoms with Crippen LogP contribution in [0, 0.1) is 5.92 Å². The highest BCUT2D eigenvalue weighted by Crippen LogP contribution is 2.28. The van der Waals surface area contributed by atoms with E-state index in [1.165, 1.54) is 0 Å². The molecule has 0 bridgehead atoms. The Kier molecular flexibility index (Phi) is 2.10. The number of fused-ring (bicyclic) bond motifs is 2. The molecule has 2 aliphatic carbocycles. The van der Waals surface area contributed by atoms with E-state index in [1.807, 2.05) is 48.6 Å². The summed E-state index contributed by atoms with van der Waals surface area (Å²) >= 11 is 0. The second kappa shape index (κ2) is 3.60. The molecule has 1 heteroatoms. The highest BCUT2D eigenvalue weighted by molar-refractivity contribution is 6.03. The standard InChI is InChI=1S/C15H12O/c16-15-13-7-3-1-5-11(13)9-10-12-6-2-4-8-14(12)15/h1-9,13H,10H2. The quantitative estimate of drug-likeness (QED) is 0.640. The maximum atomic E-state index is 12.3. The molecule has 16 heavy (non-hydrogen) atoms. The Labute approximate surface area is 94.8 Å². The van der Waals surface area contributed by atoms with E-state index in [4.69, 9.17) is 0 Å². The van der Waals surface area contributed by atoms with Gasteiger partial charge < -0.3 is 0 Å². The van der Waals surface area contributed by atoms with Gasteiger partial charge in [0.15, 0.2) is 5.78 Å². The van der Waals surface area contributed by atoms with Crippen molar-refractivity contribution in [2.24, 2.45) is 5.92 Å². The Morgan fingerprint density at radius 3 is 2.94 bits per heavy atom. The third-order valence-electron chi connectivity index (χ3n) is 3.19. The number of Topliss-reactive ketones (excluding diaryl/α,β-unsaturated/α-hetero) is 1. The number of rotatable bonds is 0. The Morgan fingerprint density at radius 2 is 2.00 bits per heavy atom. The van der Waals surface area contributed by atoms with Crippen molar-refractivity contribution in [2.45, 2.75) is 6.42 Å². The van der Waals surface area contributed by atoms with Crippen molar-refractivity contribution in [1.29, 1.82) is 0 Å². The molecule has 0 aromatic heterocycles. The fraction of sp³-hybridized carbons (Fsp3) is 0.133. The van der Waals surface area contributed by atoms with Crippen LogP contribution in [-0.2, 0) is 6.42 Å². The lowest BCUT2D eigenvalue weighted by molar-refractivity contribution is 0.0962.